The zero-order valence-electron chi connectivity index (χ0n) is 11.7. The zero-order chi connectivity index (χ0) is 15.0. The summed E-state index contributed by atoms with van der Waals surface area (Å²) in [6, 6.07) is 7.24. The van der Waals surface area contributed by atoms with E-state index in [1.54, 1.807) is 23.9 Å². The molecule has 20 heavy (non-hydrogen) atoms. The molecule has 0 saturated heterocycles. The van der Waals surface area contributed by atoms with Crippen LogP contribution in [0.5, 0.6) is 0 Å². The highest BCUT2D eigenvalue weighted by Crippen LogP contribution is 2.12. The third-order valence-electron chi connectivity index (χ3n) is 2.69. The van der Waals surface area contributed by atoms with Crippen molar-refractivity contribution in [3.8, 4) is 0 Å². The fourth-order valence-electron chi connectivity index (χ4n) is 1.71. The quantitative estimate of drug-likeness (QED) is 0.791. The first-order valence-electron chi connectivity index (χ1n) is 6.16. The predicted molar refractivity (Wildman–Crippen MR) is 79.1 cm³/mol. The maximum atomic E-state index is 12.3. The average molecular weight is 297 g/mol. The molecule has 0 aliphatic rings. The number of hydrogen-bond donors (Lipinski definition) is 1. The Hall–Kier alpha value is -1.53. The number of methoxy groups -OCH3 is 1. The SMILES string of the molecule is COCCN(CC(=O)O)C(=O)c1ccc(CSC)cc1. The Labute approximate surface area is 122 Å². The van der Waals surface area contributed by atoms with Crippen molar-refractivity contribution >= 4 is 23.6 Å². The maximum Gasteiger partial charge on any atom is 0.323 e. The molecule has 1 aromatic rings. The van der Waals surface area contributed by atoms with Crippen LogP contribution in [0, 0.1) is 0 Å². The van der Waals surface area contributed by atoms with E-state index in [2.05, 4.69) is 0 Å². The molecule has 1 amide bonds. The second kappa shape index (κ2) is 8.60. The standard InChI is InChI=1S/C14H19NO4S/c1-19-8-7-15(9-13(16)17)14(18)12-5-3-11(4-6-12)10-20-2/h3-6H,7-10H2,1-2H3,(H,16,17). The van der Waals surface area contributed by atoms with Gasteiger partial charge in [-0.15, -0.1) is 0 Å². The second-order valence-corrected chi connectivity index (χ2v) is 5.11. The molecule has 0 radical (unpaired) electrons. The van der Waals surface area contributed by atoms with E-state index in [1.807, 2.05) is 18.4 Å². The molecule has 0 aliphatic heterocycles. The van der Waals surface area contributed by atoms with Gasteiger partial charge >= 0.3 is 5.97 Å². The van der Waals surface area contributed by atoms with Crippen molar-refractivity contribution in [1.82, 2.24) is 4.90 Å². The number of carboxylic acid groups (broad SMARTS) is 1. The lowest BCUT2D eigenvalue weighted by molar-refractivity contribution is -0.137. The Morgan fingerprint density at radius 3 is 2.45 bits per heavy atom. The van der Waals surface area contributed by atoms with Gasteiger partial charge in [-0.3, -0.25) is 9.59 Å². The fourth-order valence-corrected chi connectivity index (χ4v) is 2.24. The summed E-state index contributed by atoms with van der Waals surface area (Å²) < 4.78 is 4.90. The summed E-state index contributed by atoms with van der Waals surface area (Å²) in [6.45, 7) is 0.243. The third kappa shape index (κ3) is 5.22. The average Bonchev–Trinajstić information content (AvgIpc) is 2.43. The van der Waals surface area contributed by atoms with E-state index in [0.29, 0.717) is 12.2 Å². The highest BCUT2D eigenvalue weighted by atomic mass is 32.2. The molecule has 6 heteroatoms. The summed E-state index contributed by atoms with van der Waals surface area (Å²) in [5.74, 6) is -0.439. The number of benzene rings is 1. The smallest absolute Gasteiger partial charge is 0.323 e. The van der Waals surface area contributed by atoms with Gasteiger partial charge < -0.3 is 14.7 Å². The lowest BCUT2D eigenvalue weighted by atomic mass is 10.1. The van der Waals surface area contributed by atoms with Crippen molar-refractivity contribution in [3.63, 3.8) is 0 Å². The van der Waals surface area contributed by atoms with Crippen LogP contribution in [0.2, 0.25) is 0 Å². The molecule has 0 aromatic heterocycles. The summed E-state index contributed by atoms with van der Waals surface area (Å²) in [6.07, 6.45) is 2.01. The Kier molecular flexibility index (Phi) is 7.11. The molecule has 0 spiro atoms. The fraction of sp³-hybridized carbons (Fsp3) is 0.429. The number of nitrogens with zero attached hydrogens (tertiary/aromatic N) is 1. The van der Waals surface area contributed by atoms with Gasteiger partial charge in [-0.25, -0.2) is 0 Å². The summed E-state index contributed by atoms with van der Waals surface area (Å²) in [5, 5.41) is 8.86. The van der Waals surface area contributed by atoms with Crippen LogP contribution in [0.4, 0.5) is 0 Å². The van der Waals surface area contributed by atoms with Gasteiger partial charge in [0, 0.05) is 25.0 Å². The van der Waals surface area contributed by atoms with Crippen LogP contribution >= 0.6 is 11.8 Å². The van der Waals surface area contributed by atoms with Crippen molar-refractivity contribution in [3.05, 3.63) is 35.4 Å². The molecule has 0 bridgehead atoms. The van der Waals surface area contributed by atoms with Crippen molar-refractivity contribution in [2.45, 2.75) is 5.75 Å². The molecular formula is C14H19NO4S. The van der Waals surface area contributed by atoms with E-state index < -0.39 is 5.97 Å². The van der Waals surface area contributed by atoms with Crippen LogP contribution in [-0.2, 0) is 15.3 Å². The molecule has 0 atom stereocenters. The Balaban J connectivity index is 2.78. The number of hydrogen-bond acceptors (Lipinski definition) is 4. The predicted octanol–water partition coefficient (Wildman–Crippen LogP) is 1.72. The van der Waals surface area contributed by atoms with Crippen molar-refractivity contribution < 1.29 is 19.4 Å². The van der Waals surface area contributed by atoms with E-state index in [4.69, 9.17) is 9.84 Å². The summed E-state index contributed by atoms with van der Waals surface area (Å²) in [4.78, 5) is 24.3. The molecule has 5 nitrogen and oxygen atoms in total. The van der Waals surface area contributed by atoms with Gasteiger partial charge in [-0.05, 0) is 24.0 Å². The second-order valence-electron chi connectivity index (χ2n) is 4.24. The first kappa shape index (κ1) is 16.5. The van der Waals surface area contributed by atoms with E-state index in [9.17, 15) is 9.59 Å². The van der Waals surface area contributed by atoms with E-state index in [1.165, 1.54) is 12.0 Å². The van der Waals surface area contributed by atoms with Gasteiger partial charge in [0.2, 0.25) is 0 Å². The van der Waals surface area contributed by atoms with Crippen LogP contribution in [0.25, 0.3) is 0 Å². The minimum Gasteiger partial charge on any atom is -0.480 e. The molecule has 0 saturated carbocycles. The van der Waals surface area contributed by atoms with Crippen LogP contribution in [0.1, 0.15) is 15.9 Å². The summed E-state index contributed by atoms with van der Waals surface area (Å²) in [7, 11) is 1.51. The molecule has 1 N–H and O–H groups in total. The number of rotatable bonds is 8. The number of carbonyl (C=O) groups is 2. The van der Waals surface area contributed by atoms with Crippen LogP contribution < -0.4 is 0 Å². The first-order valence-corrected chi connectivity index (χ1v) is 7.55. The number of carboxylic acids is 1. The van der Waals surface area contributed by atoms with Gasteiger partial charge in [0.05, 0.1) is 6.61 Å². The van der Waals surface area contributed by atoms with Crippen molar-refractivity contribution in [1.29, 1.82) is 0 Å². The van der Waals surface area contributed by atoms with Crippen LogP contribution in [-0.4, -0.2) is 54.9 Å². The molecule has 1 aromatic carbocycles. The molecule has 1 rings (SSSR count). The largest absolute Gasteiger partial charge is 0.480 e. The number of thioether (sulfide) groups is 1. The molecule has 0 unspecified atom stereocenters. The molecule has 0 fully saturated rings. The number of aliphatic carboxylic acids is 1. The zero-order valence-corrected chi connectivity index (χ0v) is 12.5. The Morgan fingerprint density at radius 1 is 1.30 bits per heavy atom. The van der Waals surface area contributed by atoms with Crippen molar-refractivity contribution in [2.75, 3.05) is 33.1 Å². The van der Waals surface area contributed by atoms with E-state index >= 15 is 0 Å². The topological polar surface area (TPSA) is 66.8 Å². The highest BCUT2D eigenvalue weighted by molar-refractivity contribution is 7.97. The lowest BCUT2D eigenvalue weighted by Crippen LogP contribution is -2.38. The lowest BCUT2D eigenvalue weighted by Gasteiger charge is -2.20. The minimum atomic E-state index is -1.03. The van der Waals surface area contributed by atoms with Crippen molar-refractivity contribution in [2.24, 2.45) is 0 Å². The maximum absolute atomic E-state index is 12.3. The summed E-state index contributed by atoms with van der Waals surface area (Å²) in [5.41, 5.74) is 1.63. The molecule has 110 valence electrons. The van der Waals surface area contributed by atoms with Gasteiger partial charge in [0.15, 0.2) is 0 Å². The van der Waals surface area contributed by atoms with Gasteiger partial charge in [-0.2, -0.15) is 11.8 Å². The number of ether oxygens (including phenoxy) is 1. The number of carbonyl (C=O) groups excluding carboxylic acids is 1. The monoisotopic (exact) mass is 297 g/mol. The summed E-state index contributed by atoms with van der Waals surface area (Å²) >= 11 is 1.71. The van der Waals surface area contributed by atoms with Crippen LogP contribution in [0.15, 0.2) is 24.3 Å². The Morgan fingerprint density at radius 2 is 1.95 bits per heavy atom. The van der Waals surface area contributed by atoms with Crippen LogP contribution in [0.3, 0.4) is 0 Å². The van der Waals surface area contributed by atoms with Gasteiger partial charge in [0.1, 0.15) is 6.54 Å². The Bertz CT molecular complexity index is 447. The van der Waals surface area contributed by atoms with E-state index in [-0.39, 0.29) is 19.0 Å². The highest BCUT2D eigenvalue weighted by Gasteiger charge is 2.18. The third-order valence-corrected chi connectivity index (χ3v) is 3.31. The molecule has 0 aliphatic carbocycles. The minimum absolute atomic E-state index is 0.258. The molecule has 0 heterocycles. The molecular weight excluding hydrogens is 278 g/mol. The van der Waals surface area contributed by atoms with Gasteiger partial charge in [-0.1, -0.05) is 12.1 Å². The van der Waals surface area contributed by atoms with Gasteiger partial charge in [0.25, 0.3) is 5.91 Å². The number of amides is 1. The van der Waals surface area contributed by atoms with E-state index in [0.717, 1.165) is 11.3 Å². The normalized spacial score (nSPS) is 10.3. The first-order chi connectivity index (χ1) is 9.58.